The molecule has 2 N–H and O–H groups in total. The van der Waals surface area contributed by atoms with Crippen LogP contribution in [0.4, 0.5) is 5.82 Å². The third-order valence-corrected chi connectivity index (χ3v) is 5.43. The lowest BCUT2D eigenvalue weighted by molar-refractivity contribution is -0.130. The Balaban J connectivity index is 1.76. The Morgan fingerprint density at radius 1 is 1.26 bits per heavy atom. The van der Waals surface area contributed by atoms with E-state index >= 15 is 0 Å². The molecular formula is C20H29N5O2. The van der Waals surface area contributed by atoms with E-state index in [9.17, 15) is 10.1 Å². The minimum absolute atomic E-state index is 0.0280. The number of nitriles is 1. The smallest absolute Gasteiger partial charge is 0.236 e. The highest BCUT2D eigenvalue weighted by molar-refractivity contribution is 5.78. The molecule has 0 atom stereocenters. The molecule has 2 heterocycles. The van der Waals surface area contributed by atoms with E-state index in [1.807, 2.05) is 4.90 Å². The zero-order valence-electron chi connectivity index (χ0n) is 16.3. The van der Waals surface area contributed by atoms with E-state index in [1.54, 1.807) is 0 Å². The van der Waals surface area contributed by atoms with Gasteiger partial charge in [0.05, 0.1) is 18.7 Å². The molecule has 7 nitrogen and oxygen atoms in total. The van der Waals surface area contributed by atoms with Crippen molar-refractivity contribution in [1.82, 2.24) is 15.2 Å². The van der Waals surface area contributed by atoms with Crippen molar-refractivity contribution < 1.29 is 9.90 Å². The summed E-state index contributed by atoms with van der Waals surface area (Å²) in [7, 11) is 0. The summed E-state index contributed by atoms with van der Waals surface area (Å²) in [6.07, 6.45) is 3.08. The Hall–Kier alpha value is -2.17. The number of aliphatic hydroxyl groups excluding tert-OH is 1. The Morgan fingerprint density at radius 3 is 2.59 bits per heavy atom. The molecule has 0 saturated carbocycles. The van der Waals surface area contributed by atoms with E-state index < -0.39 is 0 Å². The van der Waals surface area contributed by atoms with Crippen molar-refractivity contribution in [2.24, 2.45) is 0 Å². The van der Waals surface area contributed by atoms with Gasteiger partial charge in [0.1, 0.15) is 11.9 Å². The fourth-order valence-corrected chi connectivity index (χ4v) is 4.05. The molecule has 0 unspecified atom stereocenters. The van der Waals surface area contributed by atoms with Crippen LogP contribution in [0.5, 0.6) is 0 Å². The van der Waals surface area contributed by atoms with Crippen LogP contribution < -0.4 is 10.2 Å². The number of hydrogen-bond donors (Lipinski definition) is 2. The SMILES string of the molecule is CC(C)c1nc(N2CCN(C(=O)CNCCO)CC2)c(C#N)c2c1CCC2. The van der Waals surface area contributed by atoms with Crippen LogP contribution in [0.3, 0.4) is 0 Å². The van der Waals surface area contributed by atoms with Gasteiger partial charge in [-0.05, 0) is 36.3 Å². The maximum absolute atomic E-state index is 12.2. The lowest BCUT2D eigenvalue weighted by Crippen LogP contribution is -2.51. The number of anilines is 1. The number of hydrogen-bond acceptors (Lipinski definition) is 6. The molecule has 1 aliphatic carbocycles. The number of aliphatic hydroxyl groups is 1. The summed E-state index contributed by atoms with van der Waals surface area (Å²) in [6, 6.07) is 2.41. The molecule has 2 aliphatic rings. The first-order valence-electron chi connectivity index (χ1n) is 9.86. The Labute approximate surface area is 161 Å². The molecule has 7 heteroatoms. The van der Waals surface area contributed by atoms with Gasteiger partial charge in [-0.3, -0.25) is 4.79 Å². The standard InChI is InChI=1S/C20H29N5O2/c1-14(2)19-16-5-3-4-15(16)17(12-21)20(23-19)25-9-7-24(8-10-25)18(27)13-22-6-11-26/h14,22,26H,3-11,13H2,1-2H3. The third kappa shape index (κ3) is 4.07. The van der Waals surface area contributed by atoms with E-state index in [-0.39, 0.29) is 19.1 Å². The van der Waals surface area contributed by atoms with Gasteiger partial charge in [0.2, 0.25) is 5.91 Å². The molecule has 1 aromatic rings. The van der Waals surface area contributed by atoms with Gasteiger partial charge in [-0.1, -0.05) is 13.8 Å². The average Bonchev–Trinajstić information content (AvgIpc) is 3.16. The predicted molar refractivity (Wildman–Crippen MR) is 104 cm³/mol. The number of carbonyl (C=O) groups is 1. The predicted octanol–water partition coefficient (Wildman–Crippen LogP) is 0.796. The number of carbonyl (C=O) groups excluding carboxylic acids is 1. The number of pyridine rings is 1. The Kier molecular flexibility index (Phi) is 6.30. The summed E-state index contributed by atoms with van der Waals surface area (Å²) >= 11 is 0. The molecule has 1 fully saturated rings. The van der Waals surface area contributed by atoms with Crippen molar-refractivity contribution >= 4 is 11.7 Å². The maximum Gasteiger partial charge on any atom is 0.236 e. The lowest BCUT2D eigenvalue weighted by Gasteiger charge is -2.36. The number of nitrogens with zero attached hydrogens (tertiary/aromatic N) is 4. The second-order valence-corrected chi connectivity index (χ2v) is 7.54. The van der Waals surface area contributed by atoms with Crippen molar-refractivity contribution in [3.8, 4) is 6.07 Å². The summed E-state index contributed by atoms with van der Waals surface area (Å²) in [4.78, 5) is 21.2. The molecule has 1 amide bonds. The molecule has 27 heavy (non-hydrogen) atoms. The van der Waals surface area contributed by atoms with Crippen LogP contribution in [-0.2, 0) is 17.6 Å². The first kappa shape index (κ1) is 19.6. The molecule has 146 valence electrons. The van der Waals surface area contributed by atoms with Crippen LogP contribution in [0.15, 0.2) is 0 Å². The average molecular weight is 371 g/mol. The van der Waals surface area contributed by atoms with Crippen molar-refractivity contribution in [2.45, 2.75) is 39.0 Å². The van der Waals surface area contributed by atoms with Crippen LogP contribution in [0.1, 0.15) is 48.6 Å². The summed E-state index contributed by atoms with van der Waals surface area (Å²) < 4.78 is 0. The minimum Gasteiger partial charge on any atom is -0.395 e. The van der Waals surface area contributed by atoms with E-state index in [2.05, 4.69) is 30.1 Å². The first-order valence-corrected chi connectivity index (χ1v) is 9.86. The lowest BCUT2D eigenvalue weighted by atomic mass is 9.97. The first-order chi connectivity index (χ1) is 13.1. The second kappa shape index (κ2) is 8.68. The van der Waals surface area contributed by atoms with Gasteiger partial charge in [0.25, 0.3) is 0 Å². The number of fused-ring (bicyclic) bond motifs is 1. The van der Waals surface area contributed by atoms with Crippen LogP contribution >= 0.6 is 0 Å². The van der Waals surface area contributed by atoms with Crippen LogP contribution in [0.25, 0.3) is 0 Å². The summed E-state index contributed by atoms with van der Waals surface area (Å²) in [5.41, 5.74) is 4.34. The summed E-state index contributed by atoms with van der Waals surface area (Å²) in [5, 5.41) is 21.5. The minimum atomic E-state index is 0.0280. The van der Waals surface area contributed by atoms with E-state index in [0.29, 0.717) is 38.6 Å². The molecule has 0 aromatic carbocycles. The number of piperazine rings is 1. The third-order valence-electron chi connectivity index (χ3n) is 5.43. The quantitative estimate of drug-likeness (QED) is 0.719. The van der Waals surface area contributed by atoms with Gasteiger partial charge >= 0.3 is 0 Å². The van der Waals surface area contributed by atoms with Crippen molar-refractivity contribution in [3.63, 3.8) is 0 Å². The summed E-state index contributed by atoms with van der Waals surface area (Å²) in [5.74, 6) is 1.18. The van der Waals surface area contributed by atoms with Crippen LogP contribution in [-0.4, -0.2) is 66.8 Å². The molecule has 0 radical (unpaired) electrons. The van der Waals surface area contributed by atoms with Gasteiger partial charge in [0.15, 0.2) is 0 Å². The highest BCUT2D eigenvalue weighted by atomic mass is 16.3. The van der Waals surface area contributed by atoms with Gasteiger partial charge in [-0.2, -0.15) is 5.26 Å². The second-order valence-electron chi connectivity index (χ2n) is 7.54. The zero-order valence-corrected chi connectivity index (χ0v) is 16.3. The van der Waals surface area contributed by atoms with Crippen LogP contribution in [0, 0.1) is 11.3 Å². The zero-order chi connectivity index (χ0) is 19.4. The Bertz CT molecular complexity index is 733. The molecular weight excluding hydrogens is 342 g/mol. The topological polar surface area (TPSA) is 92.5 Å². The molecule has 1 aromatic heterocycles. The fraction of sp³-hybridized carbons (Fsp3) is 0.650. The summed E-state index contributed by atoms with van der Waals surface area (Å²) in [6.45, 7) is 7.64. The van der Waals surface area contributed by atoms with E-state index in [1.165, 1.54) is 11.1 Å². The number of amides is 1. The highest BCUT2D eigenvalue weighted by Crippen LogP contribution is 2.35. The number of rotatable bonds is 6. The van der Waals surface area contributed by atoms with Crippen molar-refractivity contribution in [3.05, 3.63) is 22.4 Å². The molecule has 1 saturated heterocycles. The molecule has 0 bridgehead atoms. The molecule has 1 aliphatic heterocycles. The monoisotopic (exact) mass is 371 g/mol. The fourth-order valence-electron chi connectivity index (χ4n) is 4.05. The van der Waals surface area contributed by atoms with E-state index in [0.717, 1.165) is 36.3 Å². The molecule has 3 rings (SSSR count). The highest BCUT2D eigenvalue weighted by Gasteiger charge is 2.29. The Morgan fingerprint density at radius 2 is 1.96 bits per heavy atom. The normalized spacial score (nSPS) is 16.6. The number of nitrogens with one attached hydrogen (secondary N) is 1. The number of aromatic nitrogens is 1. The molecule has 0 spiro atoms. The van der Waals surface area contributed by atoms with E-state index in [4.69, 9.17) is 10.1 Å². The van der Waals surface area contributed by atoms with Crippen LogP contribution in [0.2, 0.25) is 0 Å². The van der Waals surface area contributed by atoms with Crippen molar-refractivity contribution in [2.75, 3.05) is 50.8 Å². The van der Waals surface area contributed by atoms with Gasteiger partial charge in [0, 0.05) is 38.4 Å². The largest absolute Gasteiger partial charge is 0.395 e. The van der Waals surface area contributed by atoms with Gasteiger partial charge < -0.3 is 20.2 Å². The van der Waals surface area contributed by atoms with Gasteiger partial charge in [-0.15, -0.1) is 0 Å². The van der Waals surface area contributed by atoms with Crippen molar-refractivity contribution in [1.29, 1.82) is 5.26 Å². The van der Waals surface area contributed by atoms with Gasteiger partial charge in [-0.25, -0.2) is 4.98 Å². The maximum atomic E-state index is 12.2.